The van der Waals surface area contributed by atoms with Crippen LogP contribution < -0.4 is 5.32 Å². The van der Waals surface area contributed by atoms with Crippen LogP contribution in [-0.4, -0.2) is 62.7 Å². The number of nitrogens with zero attached hydrogens (tertiary/aromatic N) is 2. The highest BCUT2D eigenvalue weighted by Crippen LogP contribution is 2.17. The molecule has 0 unspecified atom stereocenters. The number of hydrogen-bond acceptors (Lipinski definition) is 3. The maximum absolute atomic E-state index is 3.57. The summed E-state index contributed by atoms with van der Waals surface area (Å²) in [7, 11) is 4.29. The monoisotopic (exact) mass is 213 g/mol. The molecule has 0 radical (unpaired) electrons. The van der Waals surface area contributed by atoms with E-state index in [9.17, 15) is 0 Å². The van der Waals surface area contributed by atoms with E-state index in [0.717, 1.165) is 6.04 Å². The normalized spacial score (nSPS) is 16.6. The molecule has 0 amide bonds. The quantitative estimate of drug-likeness (QED) is 0.617. The van der Waals surface area contributed by atoms with Crippen molar-refractivity contribution in [2.45, 2.75) is 32.2 Å². The average Bonchev–Trinajstić information content (AvgIpc) is 2.99. The molecule has 1 N–H and O–H groups in total. The van der Waals surface area contributed by atoms with Crippen LogP contribution in [0.3, 0.4) is 0 Å². The van der Waals surface area contributed by atoms with Crippen LogP contribution in [0, 0.1) is 0 Å². The van der Waals surface area contributed by atoms with E-state index in [0.29, 0.717) is 0 Å². The fourth-order valence-corrected chi connectivity index (χ4v) is 1.75. The van der Waals surface area contributed by atoms with Gasteiger partial charge in [0.2, 0.25) is 0 Å². The highest BCUT2D eigenvalue weighted by Gasteiger charge is 2.19. The van der Waals surface area contributed by atoms with Gasteiger partial charge in [0.05, 0.1) is 0 Å². The molecule has 90 valence electrons. The second kappa shape index (κ2) is 7.20. The van der Waals surface area contributed by atoms with E-state index in [1.54, 1.807) is 0 Å². The zero-order valence-corrected chi connectivity index (χ0v) is 10.6. The summed E-state index contributed by atoms with van der Waals surface area (Å²) < 4.78 is 0. The molecule has 0 atom stereocenters. The molecular formula is C12H27N3. The van der Waals surface area contributed by atoms with Crippen LogP contribution in [-0.2, 0) is 0 Å². The van der Waals surface area contributed by atoms with E-state index in [4.69, 9.17) is 0 Å². The molecule has 0 saturated heterocycles. The first-order chi connectivity index (χ1) is 7.22. The summed E-state index contributed by atoms with van der Waals surface area (Å²) in [4.78, 5) is 4.80. The van der Waals surface area contributed by atoms with Crippen LogP contribution in [0.1, 0.15) is 26.2 Å². The third kappa shape index (κ3) is 6.88. The van der Waals surface area contributed by atoms with E-state index < -0.39 is 0 Å². The zero-order valence-electron chi connectivity index (χ0n) is 10.6. The summed E-state index contributed by atoms with van der Waals surface area (Å²) in [5.41, 5.74) is 0. The van der Waals surface area contributed by atoms with Crippen LogP contribution in [0.25, 0.3) is 0 Å². The largest absolute Gasteiger partial charge is 0.313 e. The second-order valence-electron chi connectivity index (χ2n) is 4.82. The lowest BCUT2D eigenvalue weighted by atomic mass is 10.3. The molecule has 0 aliphatic heterocycles. The maximum atomic E-state index is 3.57. The number of rotatable bonds is 9. The molecule has 1 aliphatic carbocycles. The van der Waals surface area contributed by atoms with Gasteiger partial charge in [0.1, 0.15) is 0 Å². The molecule has 0 heterocycles. The van der Waals surface area contributed by atoms with Crippen molar-refractivity contribution in [3.63, 3.8) is 0 Å². The Bertz CT molecular complexity index is 147. The van der Waals surface area contributed by atoms with E-state index >= 15 is 0 Å². The highest BCUT2D eigenvalue weighted by atomic mass is 15.1. The summed E-state index contributed by atoms with van der Waals surface area (Å²) in [6, 6.07) is 0.852. The van der Waals surface area contributed by atoms with Crippen LogP contribution in [0.4, 0.5) is 0 Å². The fourth-order valence-electron chi connectivity index (χ4n) is 1.75. The van der Waals surface area contributed by atoms with Crippen LogP contribution >= 0.6 is 0 Å². The fraction of sp³-hybridized carbons (Fsp3) is 1.00. The van der Waals surface area contributed by atoms with Gasteiger partial charge >= 0.3 is 0 Å². The molecule has 0 aromatic rings. The van der Waals surface area contributed by atoms with Crippen molar-refractivity contribution in [1.82, 2.24) is 15.1 Å². The molecule has 1 fully saturated rings. The minimum Gasteiger partial charge on any atom is -0.313 e. The Balaban J connectivity index is 1.95. The molecule has 3 nitrogen and oxygen atoms in total. The van der Waals surface area contributed by atoms with Gasteiger partial charge in [-0.05, 0) is 53.0 Å². The standard InChI is InChI=1S/C12H27N3/c1-4-15(10-5-9-14(2)3)11-8-13-12-6-7-12/h12-13H,4-11H2,1-3H3. The van der Waals surface area contributed by atoms with Crippen molar-refractivity contribution in [1.29, 1.82) is 0 Å². The first-order valence-electron chi connectivity index (χ1n) is 6.33. The van der Waals surface area contributed by atoms with Gasteiger partial charge in [-0.1, -0.05) is 6.92 Å². The summed E-state index contributed by atoms with van der Waals surface area (Å²) >= 11 is 0. The van der Waals surface area contributed by atoms with Crippen LogP contribution in [0.15, 0.2) is 0 Å². The van der Waals surface area contributed by atoms with Gasteiger partial charge in [-0.15, -0.1) is 0 Å². The summed E-state index contributed by atoms with van der Waals surface area (Å²) in [6.07, 6.45) is 4.07. The van der Waals surface area contributed by atoms with Crippen molar-refractivity contribution in [2.24, 2.45) is 0 Å². The lowest BCUT2D eigenvalue weighted by Gasteiger charge is -2.21. The van der Waals surface area contributed by atoms with Crippen molar-refractivity contribution >= 4 is 0 Å². The van der Waals surface area contributed by atoms with Crippen molar-refractivity contribution < 1.29 is 0 Å². The van der Waals surface area contributed by atoms with Crippen molar-refractivity contribution in [2.75, 3.05) is 46.8 Å². The highest BCUT2D eigenvalue weighted by molar-refractivity contribution is 4.80. The van der Waals surface area contributed by atoms with Gasteiger partial charge in [-0.25, -0.2) is 0 Å². The van der Waals surface area contributed by atoms with Gasteiger partial charge in [-0.3, -0.25) is 0 Å². The van der Waals surface area contributed by atoms with E-state index in [-0.39, 0.29) is 0 Å². The molecule has 0 aromatic carbocycles. The first-order valence-corrected chi connectivity index (χ1v) is 6.33. The minimum atomic E-state index is 0.852. The Morgan fingerprint density at radius 1 is 1.13 bits per heavy atom. The maximum Gasteiger partial charge on any atom is 0.0107 e. The topological polar surface area (TPSA) is 18.5 Å². The molecule has 15 heavy (non-hydrogen) atoms. The summed E-state index contributed by atoms with van der Waals surface area (Å²) in [6.45, 7) is 8.25. The first kappa shape index (κ1) is 12.9. The lowest BCUT2D eigenvalue weighted by molar-refractivity contribution is 0.266. The van der Waals surface area contributed by atoms with Crippen molar-refractivity contribution in [3.05, 3.63) is 0 Å². The SMILES string of the molecule is CCN(CCCN(C)C)CCNC1CC1. The Labute approximate surface area is 94.8 Å². The molecular weight excluding hydrogens is 186 g/mol. The van der Waals surface area contributed by atoms with Gasteiger partial charge in [0.25, 0.3) is 0 Å². The second-order valence-corrected chi connectivity index (χ2v) is 4.82. The molecule has 0 spiro atoms. The molecule has 0 aromatic heterocycles. The van der Waals surface area contributed by atoms with E-state index in [1.807, 2.05) is 0 Å². The predicted octanol–water partition coefficient (Wildman–Crippen LogP) is 1.01. The minimum absolute atomic E-state index is 0.852. The van der Waals surface area contributed by atoms with Gasteiger partial charge in [0.15, 0.2) is 0 Å². The van der Waals surface area contributed by atoms with Gasteiger partial charge < -0.3 is 15.1 Å². The van der Waals surface area contributed by atoms with E-state index in [1.165, 1.54) is 52.0 Å². The van der Waals surface area contributed by atoms with Gasteiger partial charge in [-0.2, -0.15) is 0 Å². The van der Waals surface area contributed by atoms with Crippen molar-refractivity contribution in [3.8, 4) is 0 Å². The Morgan fingerprint density at radius 2 is 1.87 bits per heavy atom. The average molecular weight is 213 g/mol. The van der Waals surface area contributed by atoms with E-state index in [2.05, 4.69) is 36.1 Å². The zero-order chi connectivity index (χ0) is 11.1. The Hall–Kier alpha value is -0.120. The Morgan fingerprint density at radius 3 is 2.40 bits per heavy atom. The molecule has 0 bridgehead atoms. The third-order valence-electron chi connectivity index (χ3n) is 2.97. The van der Waals surface area contributed by atoms with Gasteiger partial charge in [0, 0.05) is 19.1 Å². The predicted molar refractivity (Wildman–Crippen MR) is 66.3 cm³/mol. The lowest BCUT2D eigenvalue weighted by Crippen LogP contribution is -2.34. The van der Waals surface area contributed by atoms with Crippen LogP contribution in [0.2, 0.25) is 0 Å². The number of likely N-dealkylation sites (N-methyl/N-ethyl adjacent to an activating group) is 1. The third-order valence-corrected chi connectivity index (χ3v) is 2.97. The van der Waals surface area contributed by atoms with Crippen LogP contribution in [0.5, 0.6) is 0 Å². The molecule has 1 saturated carbocycles. The molecule has 1 aliphatic rings. The number of nitrogens with one attached hydrogen (secondary N) is 1. The Kier molecular flexibility index (Phi) is 6.22. The number of hydrogen-bond donors (Lipinski definition) is 1. The summed E-state index contributed by atoms with van der Waals surface area (Å²) in [5.74, 6) is 0. The summed E-state index contributed by atoms with van der Waals surface area (Å²) in [5, 5.41) is 3.57. The molecule has 3 heteroatoms. The smallest absolute Gasteiger partial charge is 0.0107 e. The molecule has 1 rings (SSSR count).